The standard InChI is InChI=1S/C42H52N8O10/c43-30(20-26-10-14-28(52)15-11-26)41(59)49-18-4-8-34(49)39(57)47-31(21-25-6-2-1-3-7-25)38(56)45-23-36(54)46-32(22-27-12-16-29(53)17-13-27)42(60)50-19-5-9-35(50)40(58)48-33(24-51)37(44)55/h1-3,6-7,10-17,30-35,51-53H,4-5,8-9,18-24,43H2,(H2,44,55)(H,45,56)(H,46,54)(H,47,57)(H,48,58)/t30-,31-,32-,33-,34-,35-/m0/s1. The number of carbonyl (C=O) groups excluding carboxylic acids is 7. The van der Waals surface area contributed by atoms with Crippen molar-refractivity contribution in [2.45, 2.75) is 81.2 Å². The zero-order chi connectivity index (χ0) is 43.3. The molecule has 3 aromatic carbocycles. The Morgan fingerprint density at radius 3 is 1.65 bits per heavy atom. The third-order valence-electron chi connectivity index (χ3n) is 10.6. The van der Waals surface area contributed by atoms with Crippen LogP contribution in [-0.4, -0.2) is 129 Å². The lowest BCUT2D eigenvalue weighted by Gasteiger charge is -2.30. The van der Waals surface area contributed by atoms with Gasteiger partial charge in [-0.2, -0.15) is 0 Å². The lowest BCUT2D eigenvalue weighted by Crippen LogP contribution is -2.58. The molecule has 0 unspecified atom stereocenters. The molecule has 2 heterocycles. The number of aliphatic hydroxyl groups is 1. The topological polar surface area (TPSA) is 287 Å². The van der Waals surface area contributed by atoms with Crippen LogP contribution in [0.5, 0.6) is 11.5 Å². The Balaban J connectivity index is 1.26. The van der Waals surface area contributed by atoms with Crippen LogP contribution in [0.1, 0.15) is 42.4 Å². The predicted octanol–water partition coefficient (Wildman–Crippen LogP) is -1.52. The molecule has 0 spiro atoms. The quantitative estimate of drug-likeness (QED) is 0.0710. The average molecular weight is 829 g/mol. The number of hydrogen-bond donors (Lipinski definition) is 9. The van der Waals surface area contributed by atoms with Crippen LogP contribution in [0.2, 0.25) is 0 Å². The molecule has 0 saturated carbocycles. The Hall–Kier alpha value is -6.53. The number of carbonyl (C=O) groups is 7. The second kappa shape index (κ2) is 20.9. The summed E-state index contributed by atoms with van der Waals surface area (Å²) >= 11 is 0. The van der Waals surface area contributed by atoms with E-state index in [1.165, 1.54) is 34.1 Å². The fraction of sp³-hybridized carbons (Fsp3) is 0.405. The van der Waals surface area contributed by atoms with E-state index in [9.17, 15) is 48.9 Å². The molecule has 2 aliphatic heterocycles. The highest BCUT2D eigenvalue weighted by Gasteiger charge is 2.40. The Morgan fingerprint density at radius 2 is 1.12 bits per heavy atom. The van der Waals surface area contributed by atoms with E-state index >= 15 is 0 Å². The number of nitrogens with two attached hydrogens (primary N) is 2. The van der Waals surface area contributed by atoms with Gasteiger partial charge >= 0.3 is 0 Å². The number of hydrogen-bond acceptors (Lipinski definition) is 11. The monoisotopic (exact) mass is 828 g/mol. The van der Waals surface area contributed by atoms with Crippen molar-refractivity contribution in [3.05, 3.63) is 95.6 Å². The summed E-state index contributed by atoms with van der Waals surface area (Å²) in [5.41, 5.74) is 13.5. The zero-order valence-corrected chi connectivity index (χ0v) is 33.0. The van der Waals surface area contributed by atoms with Crippen LogP contribution in [0.15, 0.2) is 78.9 Å². The first-order chi connectivity index (χ1) is 28.7. The van der Waals surface area contributed by atoms with Crippen molar-refractivity contribution in [3.63, 3.8) is 0 Å². The lowest BCUT2D eigenvalue weighted by atomic mass is 10.0. The van der Waals surface area contributed by atoms with Crippen LogP contribution in [0.4, 0.5) is 0 Å². The van der Waals surface area contributed by atoms with Gasteiger partial charge in [0.1, 0.15) is 41.7 Å². The molecular formula is C42H52N8O10. The van der Waals surface area contributed by atoms with E-state index in [1.54, 1.807) is 54.6 Å². The van der Waals surface area contributed by atoms with E-state index in [4.69, 9.17) is 11.5 Å². The summed E-state index contributed by atoms with van der Waals surface area (Å²) in [6, 6.07) is 14.5. The van der Waals surface area contributed by atoms with E-state index in [1.807, 2.05) is 0 Å². The van der Waals surface area contributed by atoms with Crippen molar-refractivity contribution in [1.82, 2.24) is 31.1 Å². The van der Waals surface area contributed by atoms with Crippen molar-refractivity contribution in [1.29, 1.82) is 0 Å². The number of phenolic OH excluding ortho intramolecular Hbond substituents is 2. The number of likely N-dealkylation sites (tertiary alicyclic amines) is 2. The van der Waals surface area contributed by atoms with E-state index in [0.717, 1.165) is 5.56 Å². The van der Waals surface area contributed by atoms with E-state index in [2.05, 4.69) is 21.3 Å². The average Bonchev–Trinajstić information content (AvgIpc) is 3.94. The number of aromatic hydroxyl groups is 2. The maximum absolute atomic E-state index is 14.0. The van der Waals surface area contributed by atoms with Gasteiger partial charge in [-0.15, -0.1) is 0 Å². The van der Waals surface area contributed by atoms with Crippen LogP contribution in [0.25, 0.3) is 0 Å². The summed E-state index contributed by atoms with van der Waals surface area (Å²) in [6.45, 7) is -0.885. The van der Waals surface area contributed by atoms with Crippen molar-refractivity contribution < 1.29 is 48.9 Å². The smallest absolute Gasteiger partial charge is 0.246 e. The van der Waals surface area contributed by atoms with E-state index in [0.29, 0.717) is 36.9 Å². The highest BCUT2D eigenvalue weighted by Crippen LogP contribution is 2.22. The van der Waals surface area contributed by atoms with Crippen molar-refractivity contribution in [3.8, 4) is 11.5 Å². The number of phenols is 2. The molecule has 0 bridgehead atoms. The minimum atomic E-state index is -1.36. The molecule has 0 aliphatic carbocycles. The number of nitrogens with one attached hydrogen (secondary N) is 4. The van der Waals surface area contributed by atoms with Gasteiger partial charge in [0.2, 0.25) is 41.4 Å². The van der Waals surface area contributed by atoms with Gasteiger partial charge in [-0.25, -0.2) is 0 Å². The zero-order valence-electron chi connectivity index (χ0n) is 33.0. The molecule has 320 valence electrons. The van der Waals surface area contributed by atoms with Gasteiger partial charge in [0.05, 0.1) is 19.2 Å². The second-order valence-electron chi connectivity index (χ2n) is 15.0. The second-order valence-corrected chi connectivity index (χ2v) is 15.0. The Kier molecular flexibility index (Phi) is 15.6. The molecule has 7 amide bonds. The van der Waals surface area contributed by atoms with E-state index in [-0.39, 0.29) is 43.7 Å². The minimum Gasteiger partial charge on any atom is -0.508 e. The molecule has 2 aliphatic rings. The van der Waals surface area contributed by atoms with Crippen molar-refractivity contribution in [2.24, 2.45) is 11.5 Å². The van der Waals surface area contributed by atoms with Gasteiger partial charge in [0, 0.05) is 25.9 Å². The molecular weight excluding hydrogens is 777 g/mol. The first kappa shape index (κ1) is 44.6. The molecule has 2 saturated heterocycles. The number of benzene rings is 3. The van der Waals surface area contributed by atoms with Gasteiger partial charge in [-0.1, -0.05) is 54.6 Å². The molecule has 5 rings (SSSR count). The maximum Gasteiger partial charge on any atom is 0.246 e. The molecule has 0 radical (unpaired) electrons. The molecule has 60 heavy (non-hydrogen) atoms. The van der Waals surface area contributed by atoms with Crippen LogP contribution >= 0.6 is 0 Å². The number of aliphatic hydroxyl groups excluding tert-OH is 1. The maximum atomic E-state index is 14.0. The van der Waals surface area contributed by atoms with Crippen molar-refractivity contribution in [2.75, 3.05) is 26.2 Å². The summed E-state index contributed by atoms with van der Waals surface area (Å²) in [7, 11) is 0. The summed E-state index contributed by atoms with van der Waals surface area (Å²) in [5.74, 6) is -4.67. The fourth-order valence-electron chi connectivity index (χ4n) is 7.40. The van der Waals surface area contributed by atoms with Crippen LogP contribution in [0, 0.1) is 0 Å². The number of primary amides is 1. The normalized spacial score (nSPS) is 18.1. The Labute approximate surface area is 346 Å². The van der Waals surface area contributed by atoms with Crippen LogP contribution in [0.3, 0.4) is 0 Å². The fourth-order valence-corrected chi connectivity index (χ4v) is 7.40. The van der Waals surface area contributed by atoms with Gasteiger partial charge in [0.15, 0.2) is 0 Å². The highest BCUT2D eigenvalue weighted by molar-refractivity contribution is 5.97. The summed E-state index contributed by atoms with van der Waals surface area (Å²) in [5, 5.41) is 39.2. The van der Waals surface area contributed by atoms with E-state index < -0.39 is 90.8 Å². The van der Waals surface area contributed by atoms with Crippen LogP contribution < -0.4 is 32.7 Å². The number of rotatable bonds is 18. The molecule has 2 fully saturated rings. The highest BCUT2D eigenvalue weighted by atomic mass is 16.3. The molecule has 11 N–H and O–H groups in total. The first-order valence-corrected chi connectivity index (χ1v) is 19.8. The van der Waals surface area contributed by atoms with Crippen molar-refractivity contribution >= 4 is 41.4 Å². The Bertz CT molecular complexity index is 2000. The lowest BCUT2D eigenvalue weighted by molar-refractivity contribution is -0.142. The van der Waals surface area contributed by atoms with Gasteiger partial charge in [-0.3, -0.25) is 33.6 Å². The molecule has 18 heteroatoms. The summed E-state index contributed by atoms with van der Waals surface area (Å²) < 4.78 is 0. The van der Waals surface area contributed by atoms with Crippen LogP contribution in [-0.2, 0) is 52.8 Å². The first-order valence-electron chi connectivity index (χ1n) is 19.8. The SMILES string of the molecule is NC(=O)[C@H](CO)NC(=O)[C@@H]1CCCN1C(=O)[C@H](Cc1ccc(O)cc1)NC(=O)CNC(=O)[C@H](Cc1ccccc1)NC(=O)[C@@H]1CCCN1C(=O)[C@@H](N)Cc1ccc(O)cc1. The molecule has 0 aromatic heterocycles. The minimum absolute atomic E-state index is 0.0175. The molecule has 18 nitrogen and oxygen atoms in total. The Morgan fingerprint density at radius 1 is 0.633 bits per heavy atom. The van der Waals surface area contributed by atoms with Gasteiger partial charge < -0.3 is 57.9 Å². The number of nitrogens with zero attached hydrogens (tertiary/aromatic N) is 2. The molecule has 6 atom stereocenters. The number of amides is 7. The third kappa shape index (κ3) is 12.0. The largest absolute Gasteiger partial charge is 0.508 e. The summed E-state index contributed by atoms with van der Waals surface area (Å²) in [6.07, 6.45) is 1.75. The van der Waals surface area contributed by atoms with Gasteiger partial charge in [-0.05, 0) is 73.1 Å². The van der Waals surface area contributed by atoms with Gasteiger partial charge in [0.25, 0.3) is 0 Å². The summed E-state index contributed by atoms with van der Waals surface area (Å²) in [4.78, 5) is 96.0. The predicted molar refractivity (Wildman–Crippen MR) is 216 cm³/mol. The molecule has 3 aromatic rings. The third-order valence-corrected chi connectivity index (χ3v) is 10.6.